The molecule has 7 nitrogen and oxygen atoms in total. The van der Waals surface area contributed by atoms with Gasteiger partial charge in [-0.05, 0) is 43.9 Å². The number of anilines is 1. The zero-order chi connectivity index (χ0) is 20.5. The Kier molecular flexibility index (Phi) is 5.19. The number of para-hydroxylation sites is 1. The Hall–Kier alpha value is -3.00. The van der Waals surface area contributed by atoms with Crippen molar-refractivity contribution in [1.82, 2.24) is 15.1 Å². The van der Waals surface area contributed by atoms with Gasteiger partial charge in [0.05, 0.1) is 17.1 Å². The second-order valence-corrected chi connectivity index (χ2v) is 7.58. The summed E-state index contributed by atoms with van der Waals surface area (Å²) >= 11 is 1.29. The molecule has 29 heavy (non-hydrogen) atoms. The van der Waals surface area contributed by atoms with Crippen LogP contribution in [0.5, 0.6) is 5.88 Å². The fraction of sp³-hybridized carbons (Fsp3) is 0.286. The maximum atomic E-state index is 13.2. The summed E-state index contributed by atoms with van der Waals surface area (Å²) in [6.45, 7) is 3.87. The molecule has 0 fully saturated rings. The molecule has 148 valence electrons. The van der Waals surface area contributed by atoms with E-state index in [9.17, 15) is 9.90 Å². The van der Waals surface area contributed by atoms with Crippen LogP contribution in [0.3, 0.4) is 0 Å². The van der Waals surface area contributed by atoms with E-state index in [0.29, 0.717) is 34.2 Å². The molecule has 0 N–H and O–H groups in total. The lowest BCUT2D eigenvalue weighted by Gasteiger charge is -2.33. The Bertz CT molecular complexity index is 1090. The minimum atomic E-state index is -0.652. The molecule has 1 amide bonds. The number of carbonyl (C=O) groups is 1. The minimum absolute atomic E-state index is 0.0387. The SMILES string of the molecule is CCCC(=O)N1c2ccccc2-c2c([O-])nc(SC)n[n+]2C1c1cccc(C)n1. The quantitative estimate of drug-likeness (QED) is 0.488. The number of hydrogen-bond donors (Lipinski definition) is 0. The van der Waals surface area contributed by atoms with Crippen molar-refractivity contribution in [1.29, 1.82) is 0 Å². The molecule has 4 rings (SSSR count). The number of amides is 1. The van der Waals surface area contributed by atoms with Crippen molar-refractivity contribution in [2.24, 2.45) is 0 Å². The van der Waals surface area contributed by atoms with E-state index in [1.807, 2.05) is 62.6 Å². The van der Waals surface area contributed by atoms with Crippen LogP contribution in [-0.4, -0.2) is 27.2 Å². The van der Waals surface area contributed by atoms with Gasteiger partial charge in [0.15, 0.2) is 0 Å². The Labute approximate surface area is 173 Å². The number of benzene rings is 1. The molecule has 3 heterocycles. The van der Waals surface area contributed by atoms with Gasteiger partial charge in [-0.2, -0.15) is 0 Å². The van der Waals surface area contributed by atoms with Crippen LogP contribution in [0.15, 0.2) is 47.6 Å². The van der Waals surface area contributed by atoms with E-state index in [-0.39, 0.29) is 11.8 Å². The standard InChI is InChI=1S/C21H21N5O2S/c1-4-8-17(27)25-16-12-6-5-10-14(16)18-19(28)23-21(29-3)24-26(18)20(25)15-11-7-9-13(2)22-15/h5-7,9-12,20H,4,8H2,1-3H3. The molecule has 1 atom stereocenters. The summed E-state index contributed by atoms with van der Waals surface area (Å²) in [4.78, 5) is 23.7. The largest absolute Gasteiger partial charge is 0.854 e. The van der Waals surface area contributed by atoms with Crippen LogP contribution in [0.2, 0.25) is 0 Å². The third-order valence-electron chi connectivity index (χ3n) is 4.81. The monoisotopic (exact) mass is 407 g/mol. The maximum absolute atomic E-state index is 13.2. The molecular formula is C21H21N5O2S. The Morgan fingerprint density at radius 3 is 2.72 bits per heavy atom. The molecule has 1 aliphatic rings. The fourth-order valence-corrected chi connectivity index (χ4v) is 3.94. The molecule has 0 saturated carbocycles. The van der Waals surface area contributed by atoms with Crippen molar-refractivity contribution in [2.45, 2.75) is 38.0 Å². The summed E-state index contributed by atoms with van der Waals surface area (Å²) in [5, 5.41) is 17.9. The second-order valence-electron chi connectivity index (χ2n) is 6.81. The van der Waals surface area contributed by atoms with Crippen LogP contribution in [-0.2, 0) is 4.79 Å². The summed E-state index contributed by atoms with van der Waals surface area (Å²) in [6, 6.07) is 13.1. The predicted octanol–water partition coefficient (Wildman–Crippen LogP) is 2.62. The van der Waals surface area contributed by atoms with Gasteiger partial charge in [-0.25, -0.2) is 14.9 Å². The predicted molar refractivity (Wildman–Crippen MR) is 108 cm³/mol. The van der Waals surface area contributed by atoms with Crippen molar-refractivity contribution < 1.29 is 14.6 Å². The Morgan fingerprint density at radius 2 is 2.00 bits per heavy atom. The zero-order valence-corrected chi connectivity index (χ0v) is 17.3. The number of thioether (sulfide) groups is 1. The fourth-order valence-electron chi connectivity index (χ4n) is 3.60. The smallest absolute Gasteiger partial charge is 0.309 e. The second kappa shape index (κ2) is 7.79. The van der Waals surface area contributed by atoms with E-state index in [0.717, 1.165) is 12.1 Å². The zero-order valence-electron chi connectivity index (χ0n) is 16.5. The number of carbonyl (C=O) groups excluding carboxylic acids is 1. The van der Waals surface area contributed by atoms with E-state index in [4.69, 9.17) is 0 Å². The number of aromatic nitrogens is 4. The third kappa shape index (κ3) is 3.33. The van der Waals surface area contributed by atoms with Gasteiger partial charge in [0, 0.05) is 17.2 Å². The first kappa shape index (κ1) is 19.3. The average molecular weight is 407 g/mol. The lowest BCUT2D eigenvalue weighted by Crippen LogP contribution is -2.59. The average Bonchev–Trinajstić information content (AvgIpc) is 2.72. The molecule has 0 spiro atoms. The first-order valence-corrected chi connectivity index (χ1v) is 10.7. The van der Waals surface area contributed by atoms with Gasteiger partial charge in [-0.1, -0.05) is 41.6 Å². The summed E-state index contributed by atoms with van der Waals surface area (Å²) in [5.74, 6) is -0.403. The summed E-state index contributed by atoms with van der Waals surface area (Å²) in [7, 11) is 0. The van der Waals surface area contributed by atoms with Gasteiger partial charge in [0.1, 0.15) is 5.69 Å². The van der Waals surface area contributed by atoms with Gasteiger partial charge in [0.2, 0.25) is 5.91 Å². The van der Waals surface area contributed by atoms with Crippen LogP contribution < -0.4 is 14.7 Å². The highest BCUT2D eigenvalue weighted by atomic mass is 32.2. The lowest BCUT2D eigenvalue weighted by atomic mass is 10.0. The normalized spacial score (nSPS) is 15.0. The highest BCUT2D eigenvalue weighted by Gasteiger charge is 2.45. The molecule has 1 aromatic carbocycles. The highest BCUT2D eigenvalue weighted by molar-refractivity contribution is 7.98. The van der Waals surface area contributed by atoms with Gasteiger partial charge in [-0.3, -0.25) is 4.79 Å². The third-order valence-corrected chi connectivity index (χ3v) is 5.34. The molecule has 1 aliphatic heterocycles. The topological polar surface area (TPSA) is 85.9 Å². The van der Waals surface area contributed by atoms with Gasteiger partial charge in [-0.15, -0.1) is 0 Å². The van der Waals surface area contributed by atoms with Crippen molar-refractivity contribution in [2.75, 3.05) is 11.2 Å². The summed E-state index contributed by atoms with van der Waals surface area (Å²) in [6.07, 6.45) is 2.27. The maximum Gasteiger partial charge on any atom is 0.309 e. The van der Waals surface area contributed by atoms with Crippen molar-refractivity contribution >= 4 is 23.4 Å². The Morgan fingerprint density at radius 1 is 1.21 bits per heavy atom. The molecule has 8 heteroatoms. The number of hydrogen-bond acceptors (Lipinski definition) is 6. The van der Waals surface area contributed by atoms with Crippen molar-refractivity contribution in [3.05, 3.63) is 53.9 Å². The minimum Gasteiger partial charge on any atom is -0.854 e. The number of nitrogens with zero attached hydrogens (tertiary/aromatic N) is 5. The van der Waals surface area contributed by atoms with Gasteiger partial charge >= 0.3 is 6.17 Å². The molecule has 0 saturated heterocycles. The molecule has 2 aromatic heterocycles. The molecule has 3 aromatic rings. The van der Waals surface area contributed by atoms with E-state index >= 15 is 0 Å². The number of pyridine rings is 1. The summed E-state index contributed by atoms with van der Waals surface area (Å²) in [5.41, 5.74) is 3.18. The van der Waals surface area contributed by atoms with Crippen LogP contribution in [0.4, 0.5) is 5.69 Å². The van der Waals surface area contributed by atoms with E-state index in [1.54, 1.807) is 9.58 Å². The van der Waals surface area contributed by atoms with Crippen molar-refractivity contribution in [3.63, 3.8) is 0 Å². The van der Waals surface area contributed by atoms with Gasteiger partial charge in [0.25, 0.3) is 10.9 Å². The van der Waals surface area contributed by atoms with Crippen LogP contribution in [0, 0.1) is 6.92 Å². The number of aryl methyl sites for hydroxylation is 1. The van der Waals surface area contributed by atoms with Crippen molar-refractivity contribution in [3.8, 4) is 17.1 Å². The number of fused-ring (bicyclic) bond motifs is 3. The van der Waals surface area contributed by atoms with Crippen LogP contribution in [0.25, 0.3) is 11.3 Å². The highest BCUT2D eigenvalue weighted by Crippen LogP contribution is 2.40. The number of rotatable bonds is 4. The summed E-state index contributed by atoms with van der Waals surface area (Å²) < 4.78 is 1.61. The molecule has 0 bridgehead atoms. The molecule has 0 radical (unpaired) electrons. The Balaban J connectivity index is 2.05. The van der Waals surface area contributed by atoms with Crippen LogP contribution in [0.1, 0.15) is 37.3 Å². The van der Waals surface area contributed by atoms with E-state index in [2.05, 4.69) is 15.1 Å². The first-order chi connectivity index (χ1) is 14.0. The van der Waals surface area contributed by atoms with Gasteiger partial charge < -0.3 is 5.11 Å². The van der Waals surface area contributed by atoms with E-state index < -0.39 is 6.17 Å². The van der Waals surface area contributed by atoms with E-state index in [1.165, 1.54) is 11.8 Å². The molecular weight excluding hydrogens is 386 g/mol. The molecule has 0 aliphatic carbocycles. The molecule has 1 unspecified atom stereocenters. The van der Waals surface area contributed by atoms with Crippen LogP contribution >= 0.6 is 11.8 Å². The lowest BCUT2D eigenvalue weighted by molar-refractivity contribution is -0.764. The first-order valence-electron chi connectivity index (χ1n) is 9.45.